The quantitative estimate of drug-likeness (QED) is 0.756. The third-order valence-corrected chi connectivity index (χ3v) is 2.57. The maximum absolute atomic E-state index is 13.3. The van der Waals surface area contributed by atoms with Crippen LogP contribution in [0.15, 0.2) is 18.2 Å². The summed E-state index contributed by atoms with van der Waals surface area (Å²) in [7, 11) is 0. The van der Waals surface area contributed by atoms with E-state index in [1.165, 1.54) is 12.1 Å². The van der Waals surface area contributed by atoms with Crippen molar-refractivity contribution in [2.75, 3.05) is 13.1 Å². The van der Waals surface area contributed by atoms with Crippen LogP contribution in [-0.2, 0) is 0 Å². The molecule has 1 aromatic carbocycles. The number of ether oxygens (including phenoxy) is 1. The summed E-state index contributed by atoms with van der Waals surface area (Å²) in [6, 6.07) is 3.95. The molecule has 0 spiro atoms. The van der Waals surface area contributed by atoms with Gasteiger partial charge in [0.05, 0.1) is 0 Å². The van der Waals surface area contributed by atoms with Crippen LogP contribution in [-0.4, -0.2) is 19.2 Å². The molecule has 0 amide bonds. The Balaban J connectivity index is 2.35. The standard InChI is InChI=1S/C14H21F2NO/c1-10(2)7-8-17-9-11(3)18-13-6-4-5-12(15)14(13)16/h4-6,10-11,17H,7-9H2,1-3H3. The van der Waals surface area contributed by atoms with Crippen molar-refractivity contribution in [2.24, 2.45) is 5.92 Å². The van der Waals surface area contributed by atoms with E-state index < -0.39 is 11.6 Å². The van der Waals surface area contributed by atoms with Gasteiger partial charge in [-0.2, -0.15) is 4.39 Å². The van der Waals surface area contributed by atoms with Crippen molar-refractivity contribution in [3.05, 3.63) is 29.8 Å². The van der Waals surface area contributed by atoms with E-state index in [2.05, 4.69) is 19.2 Å². The Kier molecular flexibility index (Phi) is 6.05. The molecule has 1 unspecified atom stereocenters. The van der Waals surface area contributed by atoms with Gasteiger partial charge < -0.3 is 10.1 Å². The molecule has 2 nitrogen and oxygen atoms in total. The first-order chi connectivity index (χ1) is 8.50. The van der Waals surface area contributed by atoms with Crippen molar-refractivity contribution in [3.8, 4) is 5.75 Å². The van der Waals surface area contributed by atoms with Crippen LogP contribution in [0.5, 0.6) is 5.75 Å². The topological polar surface area (TPSA) is 21.3 Å². The fourth-order valence-corrected chi connectivity index (χ4v) is 1.53. The number of halogens is 2. The van der Waals surface area contributed by atoms with Crippen LogP contribution in [0.1, 0.15) is 27.2 Å². The van der Waals surface area contributed by atoms with Crippen LogP contribution in [0.4, 0.5) is 8.78 Å². The zero-order valence-electron chi connectivity index (χ0n) is 11.2. The molecule has 0 saturated heterocycles. The molecule has 0 aliphatic carbocycles. The summed E-state index contributed by atoms with van der Waals surface area (Å²) in [5, 5.41) is 3.23. The summed E-state index contributed by atoms with van der Waals surface area (Å²) in [5.74, 6) is -1.19. The normalized spacial score (nSPS) is 12.8. The van der Waals surface area contributed by atoms with E-state index in [1.54, 1.807) is 0 Å². The van der Waals surface area contributed by atoms with Crippen LogP contribution in [0.2, 0.25) is 0 Å². The van der Waals surface area contributed by atoms with Crippen molar-refractivity contribution in [3.63, 3.8) is 0 Å². The second-order valence-corrected chi connectivity index (χ2v) is 4.87. The molecule has 0 bridgehead atoms. The fourth-order valence-electron chi connectivity index (χ4n) is 1.53. The smallest absolute Gasteiger partial charge is 0.200 e. The molecule has 0 heterocycles. The first-order valence-corrected chi connectivity index (χ1v) is 6.32. The molecule has 0 fully saturated rings. The Labute approximate surface area is 107 Å². The third-order valence-electron chi connectivity index (χ3n) is 2.57. The summed E-state index contributed by atoms with van der Waals surface area (Å²) in [5.41, 5.74) is 0. The monoisotopic (exact) mass is 257 g/mol. The van der Waals surface area contributed by atoms with Gasteiger partial charge in [-0.05, 0) is 37.9 Å². The average molecular weight is 257 g/mol. The number of benzene rings is 1. The molecule has 18 heavy (non-hydrogen) atoms. The van der Waals surface area contributed by atoms with Gasteiger partial charge in [-0.15, -0.1) is 0 Å². The Morgan fingerprint density at radius 1 is 1.22 bits per heavy atom. The molecule has 1 rings (SSSR count). The van der Waals surface area contributed by atoms with Gasteiger partial charge in [-0.1, -0.05) is 19.9 Å². The molecule has 0 radical (unpaired) electrons. The lowest BCUT2D eigenvalue weighted by Crippen LogP contribution is -2.30. The summed E-state index contributed by atoms with van der Waals surface area (Å²) in [6.45, 7) is 7.65. The minimum Gasteiger partial charge on any atom is -0.486 e. The zero-order chi connectivity index (χ0) is 13.5. The van der Waals surface area contributed by atoms with Gasteiger partial charge in [0, 0.05) is 6.54 Å². The highest BCUT2D eigenvalue weighted by atomic mass is 19.2. The summed E-state index contributed by atoms with van der Waals surface area (Å²) >= 11 is 0. The molecule has 1 atom stereocenters. The van der Waals surface area contributed by atoms with Crippen LogP contribution < -0.4 is 10.1 Å². The molecule has 0 aliphatic rings. The maximum atomic E-state index is 13.3. The van der Waals surface area contributed by atoms with Crippen LogP contribution in [0, 0.1) is 17.6 Å². The van der Waals surface area contributed by atoms with E-state index in [9.17, 15) is 8.78 Å². The lowest BCUT2D eigenvalue weighted by atomic mass is 10.1. The number of rotatable bonds is 7. The van der Waals surface area contributed by atoms with Gasteiger partial charge in [0.15, 0.2) is 11.6 Å². The van der Waals surface area contributed by atoms with Crippen molar-refractivity contribution < 1.29 is 13.5 Å². The summed E-state index contributed by atoms with van der Waals surface area (Å²) in [6.07, 6.45) is 0.884. The van der Waals surface area contributed by atoms with Crippen LogP contribution in [0.3, 0.4) is 0 Å². The first-order valence-electron chi connectivity index (χ1n) is 6.32. The predicted molar refractivity (Wildman–Crippen MR) is 68.8 cm³/mol. The lowest BCUT2D eigenvalue weighted by molar-refractivity contribution is 0.205. The molecular formula is C14H21F2NO. The molecule has 0 aromatic heterocycles. The van der Waals surface area contributed by atoms with E-state index in [1.807, 2.05) is 6.92 Å². The van der Waals surface area contributed by atoms with Crippen molar-refractivity contribution in [2.45, 2.75) is 33.3 Å². The average Bonchev–Trinajstić information content (AvgIpc) is 2.30. The number of hydrogen-bond acceptors (Lipinski definition) is 2. The van der Waals surface area contributed by atoms with E-state index in [0.717, 1.165) is 19.0 Å². The maximum Gasteiger partial charge on any atom is 0.200 e. The van der Waals surface area contributed by atoms with Crippen LogP contribution in [0.25, 0.3) is 0 Å². The Morgan fingerprint density at radius 2 is 1.94 bits per heavy atom. The number of hydrogen-bond donors (Lipinski definition) is 1. The zero-order valence-corrected chi connectivity index (χ0v) is 11.2. The van der Waals surface area contributed by atoms with Gasteiger partial charge in [-0.3, -0.25) is 0 Å². The fraction of sp³-hybridized carbons (Fsp3) is 0.571. The Bertz CT molecular complexity index is 369. The highest BCUT2D eigenvalue weighted by Crippen LogP contribution is 2.20. The molecule has 102 valence electrons. The van der Waals surface area contributed by atoms with Gasteiger partial charge in [-0.25, -0.2) is 4.39 Å². The van der Waals surface area contributed by atoms with E-state index in [-0.39, 0.29) is 11.9 Å². The molecule has 0 aliphatic heterocycles. The predicted octanol–water partition coefficient (Wildman–Crippen LogP) is 3.37. The van der Waals surface area contributed by atoms with Crippen molar-refractivity contribution in [1.29, 1.82) is 0 Å². The second-order valence-electron chi connectivity index (χ2n) is 4.87. The Hall–Kier alpha value is -1.16. The highest BCUT2D eigenvalue weighted by molar-refractivity contribution is 5.25. The lowest BCUT2D eigenvalue weighted by Gasteiger charge is -2.16. The van der Waals surface area contributed by atoms with Crippen molar-refractivity contribution >= 4 is 0 Å². The van der Waals surface area contributed by atoms with E-state index >= 15 is 0 Å². The molecule has 1 N–H and O–H groups in total. The van der Waals surface area contributed by atoms with Crippen molar-refractivity contribution in [1.82, 2.24) is 5.32 Å². The molecule has 1 aromatic rings. The molecule has 0 saturated carbocycles. The first kappa shape index (κ1) is 14.9. The van der Waals surface area contributed by atoms with Gasteiger partial charge >= 0.3 is 0 Å². The van der Waals surface area contributed by atoms with Gasteiger partial charge in [0.1, 0.15) is 6.10 Å². The van der Waals surface area contributed by atoms with E-state index in [0.29, 0.717) is 12.5 Å². The van der Waals surface area contributed by atoms with Crippen LogP contribution >= 0.6 is 0 Å². The summed E-state index contributed by atoms with van der Waals surface area (Å²) < 4.78 is 31.6. The Morgan fingerprint density at radius 3 is 2.61 bits per heavy atom. The summed E-state index contributed by atoms with van der Waals surface area (Å²) in [4.78, 5) is 0. The van der Waals surface area contributed by atoms with Gasteiger partial charge in [0.2, 0.25) is 5.82 Å². The van der Waals surface area contributed by atoms with E-state index in [4.69, 9.17) is 4.74 Å². The SMILES string of the molecule is CC(C)CCNCC(C)Oc1cccc(F)c1F. The number of nitrogens with one attached hydrogen (secondary N) is 1. The second kappa shape index (κ2) is 7.31. The third kappa shape index (κ3) is 5.00. The molecular weight excluding hydrogens is 236 g/mol. The minimum absolute atomic E-state index is 0.0341. The van der Waals surface area contributed by atoms with Gasteiger partial charge in [0.25, 0.3) is 0 Å². The highest BCUT2D eigenvalue weighted by Gasteiger charge is 2.11. The minimum atomic E-state index is -0.925. The largest absolute Gasteiger partial charge is 0.486 e. The molecule has 4 heteroatoms.